The van der Waals surface area contributed by atoms with Gasteiger partial charge < -0.3 is 10.2 Å². The van der Waals surface area contributed by atoms with Crippen molar-refractivity contribution in [1.82, 2.24) is 10.2 Å². The summed E-state index contributed by atoms with van der Waals surface area (Å²) in [6.07, 6.45) is 4.86. The Morgan fingerprint density at radius 3 is 2.95 bits per heavy atom. The summed E-state index contributed by atoms with van der Waals surface area (Å²) in [4.78, 5) is 14.9. The number of nitrogens with zero attached hydrogens (tertiary/aromatic N) is 1. The lowest BCUT2D eigenvalue weighted by Crippen LogP contribution is -2.48. The molecule has 20 heavy (non-hydrogen) atoms. The first-order chi connectivity index (χ1) is 9.83. The molecular weight excluding hydrogens is 248 g/mol. The molecule has 0 radical (unpaired) electrons. The molecule has 4 rings (SSSR count). The molecule has 3 atom stereocenters. The molecule has 1 N–H and O–H groups in total. The van der Waals surface area contributed by atoms with Crippen LogP contribution in [0.4, 0.5) is 0 Å². The van der Waals surface area contributed by atoms with Crippen LogP contribution < -0.4 is 5.32 Å². The summed E-state index contributed by atoms with van der Waals surface area (Å²) in [7, 11) is 0. The topological polar surface area (TPSA) is 32.3 Å². The molecule has 0 aromatic heterocycles. The first-order valence-electron chi connectivity index (χ1n) is 7.92. The van der Waals surface area contributed by atoms with E-state index in [0.717, 1.165) is 32.0 Å². The number of fused-ring (bicyclic) bond motifs is 2. The van der Waals surface area contributed by atoms with Gasteiger partial charge in [-0.05, 0) is 48.8 Å². The predicted octanol–water partition coefficient (Wildman–Crippen LogP) is 1.96. The Labute approximate surface area is 120 Å². The van der Waals surface area contributed by atoms with Crippen molar-refractivity contribution in [2.45, 2.75) is 38.3 Å². The number of carbonyl (C=O) groups excluding carboxylic acids is 1. The van der Waals surface area contributed by atoms with Crippen LogP contribution in [0.3, 0.4) is 0 Å². The summed E-state index contributed by atoms with van der Waals surface area (Å²) in [5.41, 5.74) is 2.74. The second-order valence-corrected chi connectivity index (χ2v) is 6.52. The van der Waals surface area contributed by atoms with Gasteiger partial charge in [-0.25, -0.2) is 0 Å². The van der Waals surface area contributed by atoms with E-state index in [1.807, 2.05) is 0 Å². The highest BCUT2D eigenvalue weighted by molar-refractivity contribution is 5.83. The van der Waals surface area contributed by atoms with E-state index in [0.29, 0.717) is 11.8 Å². The number of hydrogen-bond acceptors (Lipinski definition) is 2. The van der Waals surface area contributed by atoms with E-state index in [1.165, 1.54) is 30.4 Å². The first-order valence-corrected chi connectivity index (χ1v) is 7.92. The van der Waals surface area contributed by atoms with Gasteiger partial charge in [0, 0.05) is 13.1 Å². The highest BCUT2D eigenvalue weighted by Gasteiger charge is 2.43. The van der Waals surface area contributed by atoms with Crippen LogP contribution in [-0.4, -0.2) is 29.9 Å². The molecule has 1 aromatic rings. The van der Waals surface area contributed by atoms with Crippen LogP contribution in [-0.2, 0) is 17.8 Å². The SMILES string of the molecule is O=C(C1NCC2CCCC21)N1CCc2ccccc2C1. The van der Waals surface area contributed by atoms with Crippen LogP contribution in [0.2, 0.25) is 0 Å². The number of benzene rings is 1. The van der Waals surface area contributed by atoms with Gasteiger partial charge in [-0.3, -0.25) is 4.79 Å². The Balaban J connectivity index is 1.50. The Morgan fingerprint density at radius 1 is 1.20 bits per heavy atom. The lowest BCUT2D eigenvalue weighted by Gasteiger charge is -2.32. The summed E-state index contributed by atoms with van der Waals surface area (Å²) in [6, 6.07) is 8.62. The number of rotatable bonds is 1. The molecule has 3 nitrogen and oxygen atoms in total. The monoisotopic (exact) mass is 270 g/mol. The minimum Gasteiger partial charge on any atom is -0.337 e. The lowest BCUT2D eigenvalue weighted by molar-refractivity contribution is -0.135. The molecule has 2 aliphatic heterocycles. The molecule has 2 fully saturated rings. The molecule has 0 spiro atoms. The summed E-state index contributed by atoms with van der Waals surface area (Å²) < 4.78 is 0. The maximum atomic E-state index is 12.8. The summed E-state index contributed by atoms with van der Waals surface area (Å²) in [5.74, 6) is 1.69. The van der Waals surface area contributed by atoms with Gasteiger partial charge in [0.2, 0.25) is 5.91 Å². The fraction of sp³-hybridized carbons (Fsp3) is 0.588. The zero-order valence-electron chi connectivity index (χ0n) is 11.8. The molecule has 1 aliphatic carbocycles. The zero-order valence-corrected chi connectivity index (χ0v) is 11.8. The van der Waals surface area contributed by atoms with Crippen molar-refractivity contribution in [1.29, 1.82) is 0 Å². The van der Waals surface area contributed by atoms with Crippen molar-refractivity contribution >= 4 is 5.91 Å². The van der Waals surface area contributed by atoms with Gasteiger partial charge in [-0.2, -0.15) is 0 Å². The van der Waals surface area contributed by atoms with Crippen LogP contribution in [0.5, 0.6) is 0 Å². The number of hydrogen-bond donors (Lipinski definition) is 1. The molecule has 3 heteroatoms. The maximum absolute atomic E-state index is 12.8. The average molecular weight is 270 g/mol. The van der Waals surface area contributed by atoms with E-state index in [1.54, 1.807) is 0 Å². The van der Waals surface area contributed by atoms with E-state index in [9.17, 15) is 4.79 Å². The highest BCUT2D eigenvalue weighted by atomic mass is 16.2. The summed E-state index contributed by atoms with van der Waals surface area (Å²) >= 11 is 0. The highest BCUT2D eigenvalue weighted by Crippen LogP contribution is 2.38. The molecule has 106 valence electrons. The normalized spacial score (nSPS) is 32.0. The number of amides is 1. The first kappa shape index (κ1) is 12.4. The van der Waals surface area contributed by atoms with Crippen molar-refractivity contribution in [3.8, 4) is 0 Å². The van der Waals surface area contributed by atoms with Crippen LogP contribution >= 0.6 is 0 Å². The smallest absolute Gasteiger partial charge is 0.240 e. The van der Waals surface area contributed by atoms with Gasteiger partial charge in [-0.15, -0.1) is 0 Å². The number of nitrogens with one attached hydrogen (secondary N) is 1. The second-order valence-electron chi connectivity index (χ2n) is 6.52. The van der Waals surface area contributed by atoms with Gasteiger partial charge in [-0.1, -0.05) is 30.7 Å². The molecule has 1 amide bonds. The average Bonchev–Trinajstić information content (AvgIpc) is 3.09. The Bertz CT molecular complexity index is 527. The van der Waals surface area contributed by atoms with E-state index >= 15 is 0 Å². The third-order valence-electron chi connectivity index (χ3n) is 5.45. The van der Waals surface area contributed by atoms with E-state index in [-0.39, 0.29) is 6.04 Å². The molecule has 1 aromatic carbocycles. The van der Waals surface area contributed by atoms with E-state index < -0.39 is 0 Å². The molecule has 0 bridgehead atoms. The Kier molecular flexibility index (Phi) is 3.03. The van der Waals surface area contributed by atoms with E-state index in [4.69, 9.17) is 0 Å². The van der Waals surface area contributed by atoms with Crippen LogP contribution in [0.1, 0.15) is 30.4 Å². The van der Waals surface area contributed by atoms with Gasteiger partial charge in [0.15, 0.2) is 0 Å². The minimum atomic E-state index is 0.0905. The second kappa shape index (κ2) is 4.88. The largest absolute Gasteiger partial charge is 0.337 e. The number of carbonyl (C=O) groups is 1. The molecule has 2 heterocycles. The van der Waals surface area contributed by atoms with Gasteiger partial charge in [0.1, 0.15) is 0 Å². The zero-order chi connectivity index (χ0) is 13.5. The van der Waals surface area contributed by atoms with Crippen molar-refractivity contribution in [2.75, 3.05) is 13.1 Å². The third-order valence-corrected chi connectivity index (χ3v) is 5.45. The molecular formula is C17H22N2O. The quantitative estimate of drug-likeness (QED) is 0.846. The van der Waals surface area contributed by atoms with Gasteiger partial charge in [0.05, 0.1) is 6.04 Å². The van der Waals surface area contributed by atoms with E-state index in [2.05, 4.69) is 34.5 Å². The maximum Gasteiger partial charge on any atom is 0.240 e. The third kappa shape index (κ3) is 1.96. The molecule has 1 saturated heterocycles. The van der Waals surface area contributed by atoms with Crippen molar-refractivity contribution in [2.24, 2.45) is 11.8 Å². The Hall–Kier alpha value is -1.35. The summed E-state index contributed by atoms with van der Waals surface area (Å²) in [6.45, 7) is 2.72. The van der Waals surface area contributed by atoms with Crippen molar-refractivity contribution in [3.05, 3.63) is 35.4 Å². The molecule has 3 aliphatic rings. The molecule has 3 unspecified atom stereocenters. The van der Waals surface area contributed by atoms with Crippen LogP contribution in [0.15, 0.2) is 24.3 Å². The van der Waals surface area contributed by atoms with Gasteiger partial charge in [0.25, 0.3) is 0 Å². The van der Waals surface area contributed by atoms with Crippen LogP contribution in [0, 0.1) is 11.8 Å². The summed E-state index contributed by atoms with van der Waals surface area (Å²) in [5, 5.41) is 3.49. The van der Waals surface area contributed by atoms with Crippen LogP contribution in [0.25, 0.3) is 0 Å². The Morgan fingerprint density at radius 2 is 2.05 bits per heavy atom. The van der Waals surface area contributed by atoms with Crippen molar-refractivity contribution < 1.29 is 4.79 Å². The fourth-order valence-electron chi connectivity index (χ4n) is 4.34. The molecule has 1 saturated carbocycles. The lowest BCUT2D eigenvalue weighted by atomic mass is 9.92. The standard InChI is InChI=1S/C17H22N2O/c20-17(16-15-7-3-6-13(15)10-18-16)19-9-8-12-4-1-2-5-14(12)11-19/h1-2,4-5,13,15-16,18H,3,6-11H2. The fourth-order valence-corrected chi connectivity index (χ4v) is 4.34. The predicted molar refractivity (Wildman–Crippen MR) is 78.2 cm³/mol. The minimum absolute atomic E-state index is 0.0905. The van der Waals surface area contributed by atoms with Crippen molar-refractivity contribution in [3.63, 3.8) is 0 Å². The van der Waals surface area contributed by atoms with Gasteiger partial charge >= 0.3 is 0 Å².